The third-order valence-electron chi connectivity index (χ3n) is 3.60. The molecule has 1 aromatic heterocycles. The van der Waals surface area contributed by atoms with E-state index in [1.807, 2.05) is 36.4 Å². The molecule has 3 aromatic rings. The van der Waals surface area contributed by atoms with Gasteiger partial charge in [0, 0.05) is 12.6 Å². The number of aromatic nitrogens is 2. The van der Waals surface area contributed by atoms with Gasteiger partial charge in [0.25, 0.3) is 0 Å². The fourth-order valence-electron chi connectivity index (χ4n) is 2.45. The van der Waals surface area contributed by atoms with Crippen molar-refractivity contribution >= 4 is 5.82 Å². The van der Waals surface area contributed by atoms with Crippen LogP contribution in [0.2, 0.25) is 0 Å². The number of halogens is 1. The van der Waals surface area contributed by atoms with Gasteiger partial charge in [0.05, 0.1) is 5.56 Å². The summed E-state index contributed by atoms with van der Waals surface area (Å²) in [6.45, 7) is 1.74. The highest BCUT2D eigenvalue weighted by Crippen LogP contribution is 2.37. The van der Waals surface area contributed by atoms with Crippen LogP contribution in [0.3, 0.4) is 0 Å². The molecule has 3 rings (SSSR count). The monoisotopic (exact) mass is 281 g/mol. The summed E-state index contributed by atoms with van der Waals surface area (Å²) in [6.07, 6.45) is 0. The number of aryl methyl sites for hydroxylation is 2. The van der Waals surface area contributed by atoms with Crippen LogP contribution in [0.1, 0.15) is 5.56 Å². The zero-order chi connectivity index (χ0) is 15.0. The molecule has 0 aliphatic heterocycles. The van der Waals surface area contributed by atoms with Crippen molar-refractivity contribution < 1.29 is 4.39 Å². The molecule has 0 fully saturated rings. The maximum absolute atomic E-state index is 14.4. The number of rotatable bonds is 2. The van der Waals surface area contributed by atoms with Gasteiger partial charge < -0.3 is 5.73 Å². The summed E-state index contributed by atoms with van der Waals surface area (Å²) in [4.78, 5) is 0. The van der Waals surface area contributed by atoms with Crippen LogP contribution in [-0.4, -0.2) is 9.78 Å². The van der Waals surface area contributed by atoms with Crippen molar-refractivity contribution in [2.24, 2.45) is 7.05 Å². The standard InChI is InChI=1S/C17H16FN3/c1-11-7-6-10-13(15(11)18)16-14(17(19)21(2)20-16)12-8-4-3-5-9-12/h3-10H,19H2,1-2H3. The van der Waals surface area contributed by atoms with Crippen molar-refractivity contribution in [2.75, 3.05) is 5.73 Å². The molecule has 0 amide bonds. The molecule has 0 spiro atoms. The predicted molar refractivity (Wildman–Crippen MR) is 83.2 cm³/mol. The minimum Gasteiger partial charge on any atom is -0.383 e. The molecule has 0 atom stereocenters. The van der Waals surface area contributed by atoms with Gasteiger partial charge in [-0.1, -0.05) is 42.5 Å². The maximum atomic E-state index is 14.4. The van der Waals surface area contributed by atoms with Gasteiger partial charge in [0.15, 0.2) is 0 Å². The topological polar surface area (TPSA) is 43.8 Å². The number of benzene rings is 2. The van der Waals surface area contributed by atoms with E-state index in [0.717, 1.165) is 11.1 Å². The molecular weight excluding hydrogens is 265 g/mol. The van der Waals surface area contributed by atoms with Gasteiger partial charge in [-0.3, -0.25) is 4.68 Å². The molecular formula is C17H16FN3. The fraction of sp³-hybridized carbons (Fsp3) is 0.118. The van der Waals surface area contributed by atoms with E-state index in [2.05, 4.69) is 5.10 Å². The van der Waals surface area contributed by atoms with Gasteiger partial charge in [-0.15, -0.1) is 0 Å². The van der Waals surface area contributed by atoms with Gasteiger partial charge in [-0.05, 0) is 24.1 Å². The molecule has 0 radical (unpaired) electrons. The van der Waals surface area contributed by atoms with E-state index in [4.69, 9.17) is 5.73 Å². The number of hydrogen-bond donors (Lipinski definition) is 1. The van der Waals surface area contributed by atoms with E-state index >= 15 is 0 Å². The lowest BCUT2D eigenvalue weighted by atomic mass is 9.99. The largest absolute Gasteiger partial charge is 0.383 e. The van der Waals surface area contributed by atoms with Gasteiger partial charge in [-0.25, -0.2) is 4.39 Å². The van der Waals surface area contributed by atoms with E-state index in [1.54, 1.807) is 30.8 Å². The summed E-state index contributed by atoms with van der Waals surface area (Å²) >= 11 is 0. The molecule has 1 heterocycles. The van der Waals surface area contributed by atoms with E-state index in [0.29, 0.717) is 22.6 Å². The lowest BCUT2D eigenvalue weighted by Crippen LogP contribution is -1.97. The van der Waals surface area contributed by atoms with Crippen LogP contribution in [0, 0.1) is 12.7 Å². The molecule has 0 unspecified atom stereocenters. The molecule has 0 saturated heterocycles. The first-order valence-electron chi connectivity index (χ1n) is 6.73. The molecule has 4 heteroatoms. The van der Waals surface area contributed by atoms with Crippen LogP contribution >= 0.6 is 0 Å². The summed E-state index contributed by atoms with van der Waals surface area (Å²) in [5.41, 5.74) is 9.47. The number of hydrogen-bond acceptors (Lipinski definition) is 2. The van der Waals surface area contributed by atoms with E-state index in [9.17, 15) is 4.39 Å². The smallest absolute Gasteiger partial charge is 0.135 e. The predicted octanol–water partition coefficient (Wildman–Crippen LogP) is 3.78. The molecule has 0 aliphatic rings. The first-order valence-corrected chi connectivity index (χ1v) is 6.73. The third kappa shape index (κ3) is 2.18. The lowest BCUT2D eigenvalue weighted by Gasteiger charge is -2.06. The van der Waals surface area contributed by atoms with Gasteiger partial charge in [-0.2, -0.15) is 5.10 Å². The van der Waals surface area contributed by atoms with Crippen LogP contribution in [0.5, 0.6) is 0 Å². The molecule has 0 bridgehead atoms. The van der Waals surface area contributed by atoms with Crippen molar-refractivity contribution in [3.8, 4) is 22.4 Å². The molecule has 0 aliphatic carbocycles. The number of nitrogens with zero attached hydrogens (tertiary/aromatic N) is 2. The van der Waals surface area contributed by atoms with Crippen molar-refractivity contribution in [3.05, 3.63) is 59.9 Å². The summed E-state index contributed by atoms with van der Waals surface area (Å²) in [5.74, 6) is 0.268. The number of nitrogens with two attached hydrogens (primary N) is 1. The van der Waals surface area contributed by atoms with Crippen LogP contribution in [-0.2, 0) is 7.05 Å². The Hall–Kier alpha value is -2.62. The minimum absolute atomic E-state index is 0.257. The Morgan fingerprint density at radius 3 is 2.48 bits per heavy atom. The van der Waals surface area contributed by atoms with Crippen LogP contribution in [0.25, 0.3) is 22.4 Å². The first kappa shape index (κ1) is 13.4. The Kier molecular flexibility index (Phi) is 3.22. The van der Waals surface area contributed by atoms with E-state index in [1.165, 1.54) is 0 Å². The number of anilines is 1. The fourth-order valence-corrected chi connectivity index (χ4v) is 2.45. The average molecular weight is 281 g/mol. The molecule has 0 saturated carbocycles. The van der Waals surface area contributed by atoms with Gasteiger partial charge >= 0.3 is 0 Å². The third-order valence-corrected chi connectivity index (χ3v) is 3.60. The molecule has 3 nitrogen and oxygen atoms in total. The van der Waals surface area contributed by atoms with Crippen molar-refractivity contribution in [1.29, 1.82) is 0 Å². The zero-order valence-electron chi connectivity index (χ0n) is 12.0. The summed E-state index contributed by atoms with van der Waals surface area (Å²) in [5, 5.41) is 4.41. The Balaban J connectivity index is 2.30. The van der Waals surface area contributed by atoms with Crippen molar-refractivity contribution in [2.45, 2.75) is 6.92 Å². The lowest BCUT2D eigenvalue weighted by molar-refractivity contribution is 0.621. The Morgan fingerprint density at radius 1 is 1.05 bits per heavy atom. The van der Waals surface area contributed by atoms with E-state index < -0.39 is 0 Å². The first-order chi connectivity index (χ1) is 10.1. The Bertz CT molecular complexity index is 791. The van der Waals surface area contributed by atoms with Crippen molar-refractivity contribution in [3.63, 3.8) is 0 Å². The quantitative estimate of drug-likeness (QED) is 0.776. The van der Waals surface area contributed by atoms with Crippen LogP contribution in [0.15, 0.2) is 48.5 Å². The van der Waals surface area contributed by atoms with Gasteiger partial charge in [0.1, 0.15) is 17.3 Å². The van der Waals surface area contributed by atoms with Crippen molar-refractivity contribution in [1.82, 2.24) is 9.78 Å². The molecule has 2 aromatic carbocycles. The highest BCUT2D eigenvalue weighted by Gasteiger charge is 2.20. The molecule has 2 N–H and O–H groups in total. The zero-order valence-corrected chi connectivity index (χ0v) is 12.0. The van der Waals surface area contributed by atoms with Gasteiger partial charge in [0.2, 0.25) is 0 Å². The average Bonchev–Trinajstić information content (AvgIpc) is 2.78. The van der Waals surface area contributed by atoms with E-state index in [-0.39, 0.29) is 5.82 Å². The highest BCUT2D eigenvalue weighted by molar-refractivity contribution is 5.88. The summed E-state index contributed by atoms with van der Waals surface area (Å²) in [6, 6.07) is 15.0. The second kappa shape index (κ2) is 5.05. The Morgan fingerprint density at radius 2 is 1.76 bits per heavy atom. The second-order valence-corrected chi connectivity index (χ2v) is 5.03. The summed E-state index contributed by atoms with van der Waals surface area (Å²) in [7, 11) is 1.76. The molecule has 106 valence electrons. The SMILES string of the molecule is Cc1cccc(-c2nn(C)c(N)c2-c2ccccc2)c1F. The Labute approximate surface area is 122 Å². The molecule has 21 heavy (non-hydrogen) atoms. The van der Waals surface area contributed by atoms with Crippen LogP contribution < -0.4 is 5.73 Å². The minimum atomic E-state index is -0.257. The maximum Gasteiger partial charge on any atom is 0.135 e. The summed E-state index contributed by atoms with van der Waals surface area (Å²) < 4.78 is 16.0. The second-order valence-electron chi connectivity index (χ2n) is 5.03. The normalized spacial score (nSPS) is 10.8. The highest BCUT2D eigenvalue weighted by atomic mass is 19.1. The van der Waals surface area contributed by atoms with Crippen LogP contribution in [0.4, 0.5) is 10.2 Å². The number of nitrogen functional groups attached to an aromatic ring is 1.